The van der Waals surface area contributed by atoms with Gasteiger partial charge in [0.25, 0.3) is 0 Å². The Labute approximate surface area is 205 Å². The lowest BCUT2D eigenvalue weighted by molar-refractivity contribution is 0.323. The fraction of sp³-hybridized carbons (Fsp3) is 0.423. The molecule has 0 saturated heterocycles. The number of nitrogens with zero attached hydrogens (tertiary/aromatic N) is 3. The molecule has 0 bridgehead atoms. The second-order valence-corrected chi connectivity index (χ2v) is 9.46. The standard InChI is InChI=1S/C26H33N3O4S/c1-7-33-20-8-9-21-25(14-20)34-24(10-11-29(21)16-19-15-27-28(3)17(19)2)18-12-22(30-4)26(32-6)23(13-18)31-5/h8-9,12-15,24H,7,10-11,16H2,1-6H3/t24-/m0/s1. The third kappa shape index (κ3) is 4.78. The summed E-state index contributed by atoms with van der Waals surface area (Å²) in [5.41, 5.74) is 4.78. The molecule has 0 amide bonds. The zero-order chi connectivity index (χ0) is 24.2. The van der Waals surface area contributed by atoms with Crippen molar-refractivity contribution in [2.45, 2.75) is 37.0 Å². The van der Waals surface area contributed by atoms with Crippen molar-refractivity contribution in [2.75, 3.05) is 39.4 Å². The first-order chi connectivity index (χ1) is 16.5. The Hall–Kier alpha value is -3.00. The Bertz CT molecular complexity index is 1120. The highest BCUT2D eigenvalue weighted by molar-refractivity contribution is 7.99. The second-order valence-electron chi connectivity index (χ2n) is 8.22. The number of benzene rings is 2. The van der Waals surface area contributed by atoms with E-state index in [2.05, 4.69) is 47.3 Å². The van der Waals surface area contributed by atoms with Gasteiger partial charge in [0.15, 0.2) is 11.5 Å². The molecule has 1 aliphatic rings. The number of hydrogen-bond donors (Lipinski definition) is 0. The van der Waals surface area contributed by atoms with Gasteiger partial charge in [0.2, 0.25) is 5.75 Å². The molecule has 0 saturated carbocycles. The number of aryl methyl sites for hydroxylation is 1. The van der Waals surface area contributed by atoms with Crippen LogP contribution in [0.15, 0.2) is 41.4 Å². The van der Waals surface area contributed by atoms with Gasteiger partial charge < -0.3 is 23.8 Å². The zero-order valence-corrected chi connectivity index (χ0v) is 21.6. The van der Waals surface area contributed by atoms with Crippen LogP contribution < -0.4 is 23.8 Å². The highest BCUT2D eigenvalue weighted by Crippen LogP contribution is 2.49. The molecule has 4 rings (SSSR count). The Balaban J connectivity index is 1.73. The predicted octanol–water partition coefficient (Wildman–Crippen LogP) is 5.40. The third-order valence-electron chi connectivity index (χ3n) is 6.27. The highest BCUT2D eigenvalue weighted by atomic mass is 32.2. The third-order valence-corrected chi connectivity index (χ3v) is 7.64. The van der Waals surface area contributed by atoms with E-state index in [-0.39, 0.29) is 5.25 Å². The monoisotopic (exact) mass is 483 g/mol. The van der Waals surface area contributed by atoms with Crippen LogP contribution in [0.4, 0.5) is 5.69 Å². The van der Waals surface area contributed by atoms with E-state index in [4.69, 9.17) is 18.9 Å². The van der Waals surface area contributed by atoms with E-state index >= 15 is 0 Å². The first-order valence-electron chi connectivity index (χ1n) is 11.4. The fourth-order valence-corrected chi connectivity index (χ4v) is 5.61. The number of thioether (sulfide) groups is 1. The summed E-state index contributed by atoms with van der Waals surface area (Å²) in [5, 5.41) is 4.65. The van der Waals surface area contributed by atoms with E-state index in [1.165, 1.54) is 21.8 Å². The van der Waals surface area contributed by atoms with Gasteiger partial charge in [0, 0.05) is 41.5 Å². The van der Waals surface area contributed by atoms with Crippen molar-refractivity contribution in [1.29, 1.82) is 0 Å². The molecular formula is C26H33N3O4S. The van der Waals surface area contributed by atoms with Crippen LogP contribution in [0.2, 0.25) is 0 Å². The van der Waals surface area contributed by atoms with Crippen molar-refractivity contribution in [3.63, 3.8) is 0 Å². The van der Waals surface area contributed by atoms with Crippen LogP contribution in [0.3, 0.4) is 0 Å². The average Bonchev–Trinajstić information content (AvgIpc) is 3.05. The first-order valence-corrected chi connectivity index (χ1v) is 12.3. The van der Waals surface area contributed by atoms with Gasteiger partial charge in [-0.2, -0.15) is 5.10 Å². The van der Waals surface area contributed by atoms with Crippen LogP contribution in [-0.4, -0.2) is 44.3 Å². The number of ether oxygens (including phenoxy) is 4. The van der Waals surface area contributed by atoms with Gasteiger partial charge in [-0.15, -0.1) is 11.8 Å². The lowest BCUT2D eigenvalue weighted by Crippen LogP contribution is -2.24. The van der Waals surface area contributed by atoms with Gasteiger partial charge >= 0.3 is 0 Å². The molecule has 1 aliphatic heterocycles. The maximum Gasteiger partial charge on any atom is 0.203 e. The van der Waals surface area contributed by atoms with Crippen LogP contribution >= 0.6 is 11.8 Å². The van der Waals surface area contributed by atoms with Crippen molar-refractivity contribution in [1.82, 2.24) is 9.78 Å². The minimum absolute atomic E-state index is 0.212. The van der Waals surface area contributed by atoms with Crippen molar-refractivity contribution in [3.05, 3.63) is 53.3 Å². The Morgan fingerprint density at radius 3 is 2.38 bits per heavy atom. The molecule has 0 N–H and O–H groups in total. The molecule has 1 atom stereocenters. The van der Waals surface area contributed by atoms with E-state index < -0.39 is 0 Å². The maximum absolute atomic E-state index is 5.83. The van der Waals surface area contributed by atoms with Gasteiger partial charge in [-0.1, -0.05) is 0 Å². The average molecular weight is 484 g/mol. The van der Waals surface area contributed by atoms with Crippen molar-refractivity contribution >= 4 is 17.4 Å². The molecule has 0 fully saturated rings. The molecular weight excluding hydrogens is 450 g/mol. The van der Waals surface area contributed by atoms with Gasteiger partial charge in [-0.3, -0.25) is 4.68 Å². The molecule has 34 heavy (non-hydrogen) atoms. The summed E-state index contributed by atoms with van der Waals surface area (Å²) in [7, 11) is 6.93. The summed E-state index contributed by atoms with van der Waals surface area (Å²) < 4.78 is 24.5. The van der Waals surface area contributed by atoms with Gasteiger partial charge in [0.1, 0.15) is 5.75 Å². The topological polar surface area (TPSA) is 58.0 Å². The maximum atomic E-state index is 5.83. The molecule has 1 aromatic heterocycles. The second kappa shape index (κ2) is 10.5. The molecule has 182 valence electrons. The SMILES string of the molecule is CCOc1ccc2c(c1)S[C@H](c1cc(OC)c(OC)c(OC)c1)CCN2Cc1cnn(C)c1C. The van der Waals surface area contributed by atoms with E-state index in [0.29, 0.717) is 23.9 Å². The number of fused-ring (bicyclic) bond motifs is 1. The fourth-order valence-electron chi connectivity index (χ4n) is 4.30. The number of rotatable bonds is 8. The number of anilines is 1. The Kier molecular flexibility index (Phi) is 7.46. The molecule has 8 heteroatoms. The largest absolute Gasteiger partial charge is 0.494 e. The van der Waals surface area contributed by atoms with Gasteiger partial charge in [-0.25, -0.2) is 0 Å². The highest BCUT2D eigenvalue weighted by Gasteiger charge is 2.27. The molecule has 0 spiro atoms. The van der Waals surface area contributed by atoms with E-state index in [9.17, 15) is 0 Å². The Morgan fingerprint density at radius 1 is 1.06 bits per heavy atom. The molecule has 0 aliphatic carbocycles. The number of methoxy groups -OCH3 is 3. The van der Waals surface area contributed by atoms with Crippen LogP contribution in [0.5, 0.6) is 23.0 Å². The van der Waals surface area contributed by atoms with Crippen LogP contribution in [0.1, 0.15) is 35.4 Å². The molecule has 2 aromatic carbocycles. The number of hydrogen-bond acceptors (Lipinski definition) is 7. The van der Waals surface area contributed by atoms with Crippen molar-refractivity contribution in [3.8, 4) is 23.0 Å². The molecule has 0 unspecified atom stereocenters. The lowest BCUT2D eigenvalue weighted by atomic mass is 10.1. The normalized spacial score (nSPS) is 15.5. The predicted molar refractivity (Wildman–Crippen MR) is 136 cm³/mol. The molecule has 0 radical (unpaired) electrons. The quantitative estimate of drug-likeness (QED) is 0.425. The van der Waals surface area contributed by atoms with Crippen LogP contribution in [0.25, 0.3) is 0 Å². The van der Waals surface area contributed by atoms with E-state index in [1.807, 2.05) is 36.6 Å². The molecule has 7 nitrogen and oxygen atoms in total. The first kappa shape index (κ1) is 24.1. The summed E-state index contributed by atoms with van der Waals surface area (Å²) in [5.74, 6) is 2.84. The Morgan fingerprint density at radius 2 is 1.79 bits per heavy atom. The summed E-state index contributed by atoms with van der Waals surface area (Å²) in [4.78, 5) is 3.64. The summed E-state index contributed by atoms with van der Waals surface area (Å²) in [6.45, 7) is 6.48. The minimum atomic E-state index is 0.212. The number of aromatic nitrogens is 2. The summed E-state index contributed by atoms with van der Waals surface area (Å²) >= 11 is 1.85. The van der Waals surface area contributed by atoms with Gasteiger partial charge in [0.05, 0.1) is 39.8 Å². The summed E-state index contributed by atoms with van der Waals surface area (Å²) in [6.07, 6.45) is 2.93. The molecule has 2 heterocycles. The minimum Gasteiger partial charge on any atom is -0.494 e. The molecule has 3 aromatic rings. The smallest absolute Gasteiger partial charge is 0.203 e. The van der Waals surface area contributed by atoms with Gasteiger partial charge in [-0.05, 0) is 56.2 Å². The van der Waals surface area contributed by atoms with E-state index in [0.717, 1.165) is 30.8 Å². The van der Waals surface area contributed by atoms with E-state index in [1.54, 1.807) is 21.3 Å². The lowest BCUT2D eigenvalue weighted by Gasteiger charge is -2.25. The summed E-state index contributed by atoms with van der Waals surface area (Å²) in [6, 6.07) is 10.5. The van der Waals surface area contributed by atoms with Crippen LogP contribution in [-0.2, 0) is 13.6 Å². The van der Waals surface area contributed by atoms with Crippen molar-refractivity contribution < 1.29 is 18.9 Å². The van der Waals surface area contributed by atoms with Crippen LogP contribution in [0, 0.1) is 6.92 Å². The van der Waals surface area contributed by atoms with Crippen molar-refractivity contribution in [2.24, 2.45) is 7.05 Å². The zero-order valence-electron chi connectivity index (χ0n) is 20.8.